The van der Waals surface area contributed by atoms with E-state index in [2.05, 4.69) is 10.1 Å². The summed E-state index contributed by atoms with van der Waals surface area (Å²) in [5, 5.41) is 22.5. The molecule has 1 saturated heterocycles. The average Bonchev–Trinajstić information content (AvgIpc) is 2.63. The number of piperidine rings is 1. The Hall–Kier alpha value is -1.99. The molecule has 0 radical (unpaired) electrons. The van der Waals surface area contributed by atoms with Gasteiger partial charge in [-0.1, -0.05) is 17.6 Å². The molecule has 1 aromatic carbocycles. The van der Waals surface area contributed by atoms with E-state index in [1.54, 1.807) is 20.3 Å². The summed E-state index contributed by atoms with van der Waals surface area (Å²) in [6.07, 6.45) is 3.81. The van der Waals surface area contributed by atoms with Crippen molar-refractivity contribution in [3.63, 3.8) is 0 Å². The van der Waals surface area contributed by atoms with E-state index in [-0.39, 0.29) is 12.3 Å². The lowest BCUT2D eigenvalue weighted by atomic mass is 9.96. The van der Waals surface area contributed by atoms with E-state index in [4.69, 9.17) is 20.4 Å². The first-order valence-corrected chi connectivity index (χ1v) is 8.68. The van der Waals surface area contributed by atoms with Crippen molar-refractivity contribution in [2.24, 2.45) is 10.9 Å². The van der Waals surface area contributed by atoms with Gasteiger partial charge in [0, 0.05) is 24.9 Å². The number of hydrogen-bond donors (Lipinski definition) is 3. The Kier molecular flexibility index (Phi) is 7.33. The molecule has 0 saturated carbocycles. The summed E-state index contributed by atoms with van der Waals surface area (Å²) in [7, 11) is 3.15. The molecule has 7 nitrogen and oxygen atoms in total. The largest absolute Gasteiger partial charge is 0.493 e. The van der Waals surface area contributed by atoms with E-state index < -0.39 is 6.10 Å². The van der Waals surface area contributed by atoms with Crippen LogP contribution < -0.4 is 15.2 Å². The van der Waals surface area contributed by atoms with Crippen LogP contribution in [0.2, 0.25) is 0 Å². The minimum atomic E-state index is -0.523. The third-order valence-electron chi connectivity index (χ3n) is 4.60. The fourth-order valence-electron chi connectivity index (χ4n) is 3.39. The van der Waals surface area contributed by atoms with Crippen LogP contribution in [-0.2, 0) is 12.8 Å². The molecule has 4 N–H and O–H groups in total. The van der Waals surface area contributed by atoms with E-state index in [0.29, 0.717) is 24.5 Å². The van der Waals surface area contributed by atoms with Crippen molar-refractivity contribution >= 4 is 5.84 Å². The number of ether oxygens (including phenoxy) is 2. The Morgan fingerprint density at radius 3 is 2.56 bits per heavy atom. The molecule has 0 bridgehead atoms. The Morgan fingerprint density at radius 1 is 1.24 bits per heavy atom. The van der Waals surface area contributed by atoms with Crippen LogP contribution in [0.15, 0.2) is 17.3 Å². The number of benzene rings is 1. The highest BCUT2D eigenvalue weighted by Gasteiger charge is 2.21. The summed E-state index contributed by atoms with van der Waals surface area (Å²) in [6.45, 7) is 2.69. The smallest absolute Gasteiger partial charge is 0.164 e. The van der Waals surface area contributed by atoms with Gasteiger partial charge >= 0.3 is 0 Å². The summed E-state index contributed by atoms with van der Waals surface area (Å²) < 4.78 is 10.9. The Bertz CT molecular complexity index is 586. The van der Waals surface area contributed by atoms with Crippen molar-refractivity contribution < 1.29 is 19.8 Å². The number of rotatable bonds is 8. The minimum absolute atomic E-state index is 0.110. The van der Waals surface area contributed by atoms with Crippen LogP contribution in [-0.4, -0.2) is 61.0 Å². The summed E-state index contributed by atoms with van der Waals surface area (Å²) in [6, 6.07) is 3.65. The number of aliphatic hydroxyl groups is 1. The van der Waals surface area contributed by atoms with E-state index in [9.17, 15) is 5.11 Å². The maximum absolute atomic E-state index is 10.6. The number of β-amino-alcohol motifs (C(OH)–C–C–N with tert-alkyl or cyclic N) is 1. The summed E-state index contributed by atoms with van der Waals surface area (Å²) >= 11 is 0. The van der Waals surface area contributed by atoms with Gasteiger partial charge in [-0.25, -0.2) is 0 Å². The Morgan fingerprint density at radius 2 is 1.96 bits per heavy atom. The molecule has 1 aromatic rings. The third kappa shape index (κ3) is 5.24. The van der Waals surface area contributed by atoms with Gasteiger partial charge in [-0.05, 0) is 37.6 Å². The fraction of sp³-hybridized carbons (Fsp3) is 0.611. The van der Waals surface area contributed by atoms with Gasteiger partial charge in [-0.3, -0.25) is 0 Å². The highest BCUT2D eigenvalue weighted by molar-refractivity contribution is 5.82. The number of aliphatic hydroxyl groups excluding tert-OH is 1. The van der Waals surface area contributed by atoms with Crippen LogP contribution in [0.25, 0.3) is 0 Å². The zero-order valence-corrected chi connectivity index (χ0v) is 15.1. The zero-order chi connectivity index (χ0) is 18.2. The molecular formula is C18H29N3O4. The first-order chi connectivity index (χ1) is 12.1. The molecule has 0 aliphatic carbocycles. The predicted molar refractivity (Wildman–Crippen MR) is 96.7 cm³/mol. The normalized spacial score (nSPS) is 17.3. The van der Waals surface area contributed by atoms with Crippen LogP contribution in [0.1, 0.15) is 30.4 Å². The highest BCUT2D eigenvalue weighted by atomic mass is 16.5. The number of nitrogens with zero attached hydrogens (tertiary/aromatic N) is 2. The Balaban J connectivity index is 2.21. The standard InChI is InChI=1S/C18H29N3O4/c1-24-16-7-6-13(10-17(19)20-23)15(18(16)25-2)11-14(22)12-21-8-4-3-5-9-21/h6-7,14,22-23H,3-5,8-12H2,1-2H3,(H2,19,20). The zero-order valence-electron chi connectivity index (χ0n) is 15.1. The molecule has 0 amide bonds. The summed E-state index contributed by atoms with van der Waals surface area (Å²) in [4.78, 5) is 2.30. The van der Waals surface area contributed by atoms with Gasteiger partial charge < -0.3 is 30.4 Å². The highest BCUT2D eigenvalue weighted by Crippen LogP contribution is 2.34. The van der Waals surface area contributed by atoms with Crippen molar-refractivity contribution in [3.8, 4) is 11.5 Å². The van der Waals surface area contributed by atoms with E-state index in [0.717, 1.165) is 24.2 Å². The summed E-state index contributed by atoms with van der Waals surface area (Å²) in [5.74, 6) is 1.30. The quantitative estimate of drug-likeness (QED) is 0.283. The van der Waals surface area contributed by atoms with E-state index >= 15 is 0 Å². The average molecular weight is 351 g/mol. The first kappa shape index (κ1) is 19.3. The number of oxime groups is 1. The van der Waals surface area contributed by atoms with Gasteiger partial charge in [0.2, 0.25) is 0 Å². The minimum Gasteiger partial charge on any atom is -0.493 e. The van der Waals surface area contributed by atoms with E-state index in [1.807, 2.05) is 6.07 Å². The fourth-order valence-corrected chi connectivity index (χ4v) is 3.39. The second kappa shape index (κ2) is 9.48. The van der Waals surface area contributed by atoms with Crippen molar-refractivity contribution in [1.82, 2.24) is 4.90 Å². The van der Waals surface area contributed by atoms with Gasteiger partial charge in [-0.2, -0.15) is 0 Å². The Labute approximate surface area is 149 Å². The van der Waals surface area contributed by atoms with Crippen molar-refractivity contribution in [3.05, 3.63) is 23.3 Å². The molecule has 0 aromatic heterocycles. The van der Waals surface area contributed by atoms with Gasteiger partial charge in [0.25, 0.3) is 0 Å². The molecular weight excluding hydrogens is 322 g/mol. The second-order valence-electron chi connectivity index (χ2n) is 6.43. The van der Waals surface area contributed by atoms with Gasteiger partial charge in [0.15, 0.2) is 11.5 Å². The molecule has 25 heavy (non-hydrogen) atoms. The van der Waals surface area contributed by atoms with Crippen LogP contribution in [0, 0.1) is 0 Å². The SMILES string of the molecule is COc1ccc(CC(N)=NO)c(CC(O)CN2CCCCC2)c1OC. The number of likely N-dealkylation sites (tertiary alicyclic amines) is 1. The van der Waals surface area contributed by atoms with Gasteiger partial charge in [0.1, 0.15) is 5.84 Å². The van der Waals surface area contributed by atoms with Crippen molar-refractivity contribution in [2.75, 3.05) is 33.9 Å². The molecule has 1 unspecified atom stereocenters. The molecule has 1 aliphatic heterocycles. The molecule has 2 rings (SSSR count). The second-order valence-corrected chi connectivity index (χ2v) is 6.43. The first-order valence-electron chi connectivity index (χ1n) is 8.68. The monoisotopic (exact) mass is 351 g/mol. The van der Waals surface area contributed by atoms with Crippen LogP contribution in [0.3, 0.4) is 0 Å². The number of methoxy groups -OCH3 is 2. The maximum atomic E-state index is 10.6. The summed E-state index contributed by atoms with van der Waals surface area (Å²) in [5.41, 5.74) is 7.36. The van der Waals surface area contributed by atoms with Crippen molar-refractivity contribution in [1.29, 1.82) is 0 Å². The van der Waals surface area contributed by atoms with Crippen LogP contribution in [0.5, 0.6) is 11.5 Å². The molecule has 1 atom stereocenters. The molecule has 1 heterocycles. The molecule has 1 fully saturated rings. The lowest BCUT2D eigenvalue weighted by Crippen LogP contribution is -2.37. The maximum Gasteiger partial charge on any atom is 0.164 e. The van der Waals surface area contributed by atoms with Crippen LogP contribution >= 0.6 is 0 Å². The lowest BCUT2D eigenvalue weighted by Gasteiger charge is -2.29. The van der Waals surface area contributed by atoms with Crippen LogP contribution in [0.4, 0.5) is 0 Å². The molecule has 140 valence electrons. The molecule has 1 aliphatic rings. The molecule has 7 heteroatoms. The van der Waals surface area contributed by atoms with Crippen molar-refractivity contribution in [2.45, 2.75) is 38.2 Å². The predicted octanol–water partition coefficient (Wildman–Crippen LogP) is 1.38. The third-order valence-corrected chi connectivity index (χ3v) is 4.60. The van der Waals surface area contributed by atoms with Gasteiger partial charge in [0.05, 0.1) is 20.3 Å². The number of nitrogens with two attached hydrogens (primary N) is 1. The van der Waals surface area contributed by atoms with Gasteiger partial charge in [-0.15, -0.1) is 0 Å². The number of amidine groups is 1. The topological polar surface area (TPSA) is 101 Å². The lowest BCUT2D eigenvalue weighted by molar-refractivity contribution is 0.101. The number of hydrogen-bond acceptors (Lipinski definition) is 6. The molecule has 0 spiro atoms. The van der Waals surface area contributed by atoms with E-state index in [1.165, 1.54) is 19.3 Å².